The number of carbonyl (C=O) groups is 1. The number of rotatable bonds is 7. The van der Waals surface area contributed by atoms with Gasteiger partial charge < -0.3 is 20.6 Å². The van der Waals surface area contributed by atoms with E-state index in [1.54, 1.807) is 18.2 Å². The van der Waals surface area contributed by atoms with Gasteiger partial charge in [-0.2, -0.15) is 0 Å². The molecule has 7 heteroatoms. The number of nitrogens with one attached hydrogen (secondary N) is 1. The Hall–Kier alpha value is -0.850. The molecule has 112 valence electrons. The van der Waals surface area contributed by atoms with Crippen LogP contribution in [0.15, 0.2) is 18.2 Å². The molecule has 20 heavy (non-hydrogen) atoms. The van der Waals surface area contributed by atoms with Crippen LogP contribution in [0.2, 0.25) is 10.0 Å². The minimum atomic E-state index is -1.40. The maximum absolute atomic E-state index is 11.8. The molecule has 0 bridgehead atoms. The molecular weight excluding hydrogens is 305 g/mol. The Kier molecular flexibility index (Phi) is 6.71. The summed E-state index contributed by atoms with van der Waals surface area (Å²) in [6.07, 6.45) is 0.503. The second-order valence-electron chi connectivity index (χ2n) is 4.54. The van der Waals surface area contributed by atoms with Crippen molar-refractivity contribution in [1.82, 2.24) is 5.32 Å². The molecule has 1 rings (SSSR count). The third-order valence-electron chi connectivity index (χ3n) is 2.95. The Morgan fingerprint density at radius 2 is 1.75 bits per heavy atom. The summed E-state index contributed by atoms with van der Waals surface area (Å²) in [5.41, 5.74) is -0.630. The summed E-state index contributed by atoms with van der Waals surface area (Å²) in [6, 6.07) is 5.01. The fourth-order valence-corrected chi connectivity index (χ4v) is 2.10. The van der Waals surface area contributed by atoms with Crippen LogP contribution in [0.3, 0.4) is 0 Å². The molecule has 0 radical (unpaired) electrons. The van der Waals surface area contributed by atoms with E-state index >= 15 is 0 Å². The van der Waals surface area contributed by atoms with Gasteiger partial charge in [0.05, 0.1) is 19.8 Å². The van der Waals surface area contributed by atoms with Crippen molar-refractivity contribution in [2.75, 3.05) is 19.8 Å². The van der Waals surface area contributed by atoms with Crippen LogP contribution in [0.4, 0.5) is 0 Å². The first-order valence-corrected chi connectivity index (χ1v) is 6.79. The summed E-state index contributed by atoms with van der Waals surface area (Å²) in [5, 5.41) is 30.8. The summed E-state index contributed by atoms with van der Waals surface area (Å²) in [5.74, 6) is -0.395. The van der Waals surface area contributed by atoms with Gasteiger partial charge in [-0.25, -0.2) is 0 Å². The quantitative estimate of drug-likeness (QED) is 0.597. The van der Waals surface area contributed by atoms with E-state index in [9.17, 15) is 4.79 Å². The number of benzene rings is 1. The van der Waals surface area contributed by atoms with E-state index in [-0.39, 0.29) is 6.42 Å². The highest BCUT2D eigenvalue weighted by Crippen LogP contribution is 2.22. The number of aryl methyl sites for hydroxylation is 1. The van der Waals surface area contributed by atoms with E-state index in [4.69, 9.17) is 38.5 Å². The smallest absolute Gasteiger partial charge is 0.220 e. The van der Waals surface area contributed by atoms with E-state index in [0.717, 1.165) is 5.56 Å². The first-order valence-electron chi connectivity index (χ1n) is 6.04. The molecule has 0 heterocycles. The summed E-state index contributed by atoms with van der Waals surface area (Å²) in [6.45, 7) is -1.64. The van der Waals surface area contributed by atoms with Crippen molar-refractivity contribution in [2.24, 2.45) is 0 Å². The predicted octanol–water partition coefficient (Wildman–Crippen LogP) is 0.758. The van der Waals surface area contributed by atoms with Crippen LogP contribution in [0.1, 0.15) is 12.0 Å². The zero-order chi connectivity index (χ0) is 15.2. The number of hydrogen-bond donors (Lipinski definition) is 4. The Morgan fingerprint density at radius 3 is 2.25 bits per heavy atom. The molecule has 1 aromatic carbocycles. The SMILES string of the molecule is O=C(CCc1ccc(Cl)cc1Cl)NC(CO)(CO)CO. The number of halogens is 2. The molecule has 0 aliphatic heterocycles. The molecule has 0 unspecified atom stereocenters. The summed E-state index contributed by atoms with van der Waals surface area (Å²) < 4.78 is 0. The third kappa shape index (κ3) is 4.61. The topological polar surface area (TPSA) is 89.8 Å². The second-order valence-corrected chi connectivity index (χ2v) is 5.38. The average molecular weight is 322 g/mol. The molecule has 5 nitrogen and oxygen atoms in total. The zero-order valence-corrected chi connectivity index (χ0v) is 12.3. The van der Waals surface area contributed by atoms with Gasteiger partial charge in [0, 0.05) is 16.5 Å². The van der Waals surface area contributed by atoms with Crippen LogP contribution < -0.4 is 5.32 Å². The van der Waals surface area contributed by atoms with Crippen LogP contribution in [0.25, 0.3) is 0 Å². The van der Waals surface area contributed by atoms with Gasteiger partial charge in [-0.15, -0.1) is 0 Å². The van der Waals surface area contributed by atoms with Gasteiger partial charge >= 0.3 is 0 Å². The van der Waals surface area contributed by atoms with Crippen LogP contribution in [-0.2, 0) is 11.2 Å². The standard InChI is InChI=1S/C13H17Cl2NO4/c14-10-3-1-9(11(15)5-10)2-4-12(20)16-13(6-17,7-18)8-19/h1,3,5,17-19H,2,4,6-8H2,(H,16,20). The number of amides is 1. The van der Waals surface area contributed by atoms with Gasteiger partial charge in [0.15, 0.2) is 0 Å². The van der Waals surface area contributed by atoms with Gasteiger partial charge in [-0.05, 0) is 24.1 Å². The molecule has 0 aliphatic rings. The van der Waals surface area contributed by atoms with Crippen molar-refractivity contribution in [3.8, 4) is 0 Å². The van der Waals surface area contributed by atoms with Crippen LogP contribution in [0, 0.1) is 0 Å². The third-order valence-corrected chi connectivity index (χ3v) is 3.54. The maximum atomic E-state index is 11.8. The predicted molar refractivity (Wildman–Crippen MR) is 76.9 cm³/mol. The highest BCUT2D eigenvalue weighted by atomic mass is 35.5. The number of carbonyl (C=O) groups excluding carboxylic acids is 1. The van der Waals surface area contributed by atoms with E-state index in [0.29, 0.717) is 16.5 Å². The highest BCUT2D eigenvalue weighted by Gasteiger charge is 2.29. The lowest BCUT2D eigenvalue weighted by atomic mass is 10.0. The number of aliphatic hydroxyl groups is 3. The lowest BCUT2D eigenvalue weighted by Gasteiger charge is -2.28. The number of hydrogen-bond acceptors (Lipinski definition) is 4. The van der Waals surface area contributed by atoms with Crippen molar-refractivity contribution in [3.63, 3.8) is 0 Å². The molecule has 1 amide bonds. The summed E-state index contributed by atoms with van der Waals surface area (Å²) >= 11 is 11.8. The molecule has 0 atom stereocenters. The van der Waals surface area contributed by atoms with Crippen molar-refractivity contribution in [3.05, 3.63) is 33.8 Å². The Labute approximate surface area is 127 Å². The molecule has 4 N–H and O–H groups in total. The largest absolute Gasteiger partial charge is 0.394 e. The lowest BCUT2D eigenvalue weighted by Crippen LogP contribution is -2.57. The van der Waals surface area contributed by atoms with Gasteiger partial charge in [0.2, 0.25) is 5.91 Å². The molecule has 0 aromatic heterocycles. The first-order chi connectivity index (χ1) is 9.46. The minimum absolute atomic E-state index is 0.114. The maximum Gasteiger partial charge on any atom is 0.220 e. The van der Waals surface area contributed by atoms with Crippen LogP contribution in [-0.4, -0.2) is 46.6 Å². The van der Waals surface area contributed by atoms with Gasteiger partial charge in [-0.1, -0.05) is 29.3 Å². The van der Waals surface area contributed by atoms with Crippen molar-refractivity contribution in [2.45, 2.75) is 18.4 Å². The Balaban J connectivity index is 2.59. The van der Waals surface area contributed by atoms with E-state index in [2.05, 4.69) is 5.32 Å². The molecular formula is C13H17Cl2NO4. The highest BCUT2D eigenvalue weighted by molar-refractivity contribution is 6.35. The van der Waals surface area contributed by atoms with Crippen molar-refractivity contribution >= 4 is 29.1 Å². The monoisotopic (exact) mass is 321 g/mol. The summed E-state index contributed by atoms with van der Waals surface area (Å²) in [7, 11) is 0. The Morgan fingerprint density at radius 1 is 1.15 bits per heavy atom. The van der Waals surface area contributed by atoms with Crippen LogP contribution >= 0.6 is 23.2 Å². The van der Waals surface area contributed by atoms with E-state index < -0.39 is 31.3 Å². The number of aliphatic hydroxyl groups excluding tert-OH is 3. The Bertz CT molecular complexity index is 455. The fourth-order valence-electron chi connectivity index (χ4n) is 1.60. The zero-order valence-electron chi connectivity index (χ0n) is 10.8. The summed E-state index contributed by atoms with van der Waals surface area (Å²) in [4.78, 5) is 11.8. The molecule has 1 aromatic rings. The van der Waals surface area contributed by atoms with Crippen molar-refractivity contribution in [1.29, 1.82) is 0 Å². The molecule has 0 saturated carbocycles. The normalized spacial score (nSPS) is 11.4. The van der Waals surface area contributed by atoms with Gasteiger partial charge in [-0.3, -0.25) is 4.79 Å². The van der Waals surface area contributed by atoms with Crippen LogP contribution in [0.5, 0.6) is 0 Å². The lowest BCUT2D eigenvalue weighted by molar-refractivity contribution is -0.125. The van der Waals surface area contributed by atoms with E-state index in [1.165, 1.54) is 0 Å². The second kappa shape index (κ2) is 7.81. The molecule has 0 saturated heterocycles. The first kappa shape index (κ1) is 17.2. The van der Waals surface area contributed by atoms with Crippen molar-refractivity contribution < 1.29 is 20.1 Å². The van der Waals surface area contributed by atoms with Gasteiger partial charge in [0.1, 0.15) is 5.54 Å². The van der Waals surface area contributed by atoms with Gasteiger partial charge in [0.25, 0.3) is 0 Å². The fraction of sp³-hybridized carbons (Fsp3) is 0.462. The average Bonchev–Trinajstić information content (AvgIpc) is 2.44. The van der Waals surface area contributed by atoms with E-state index in [1.807, 2.05) is 0 Å². The minimum Gasteiger partial charge on any atom is -0.394 e. The molecule has 0 fully saturated rings. The molecule has 0 aliphatic carbocycles. The molecule has 0 spiro atoms.